The Morgan fingerprint density at radius 1 is 1.18 bits per heavy atom. The van der Waals surface area contributed by atoms with Crippen LogP contribution in [0.4, 0.5) is 0 Å². The van der Waals surface area contributed by atoms with E-state index in [1.165, 1.54) is 23.6 Å². The first-order valence-electron chi connectivity index (χ1n) is 6.37. The van der Waals surface area contributed by atoms with E-state index in [1.807, 2.05) is 24.3 Å². The zero-order valence-corrected chi connectivity index (χ0v) is 10.5. The quantitative estimate of drug-likeness (QED) is 0.835. The van der Waals surface area contributed by atoms with Crippen LogP contribution in [0.15, 0.2) is 24.3 Å². The molecule has 3 fully saturated rings. The lowest BCUT2D eigenvalue weighted by Gasteiger charge is -2.41. The van der Waals surface area contributed by atoms with Gasteiger partial charge in [0.15, 0.2) is 11.8 Å². The van der Waals surface area contributed by atoms with Gasteiger partial charge in [0.25, 0.3) is 0 Å². The first-order valence-corrected chi connectivity index (χ1v) is 6.74. The Hall–Kier alpha value is -0.860. The van der Waals surface area contributed by atoms with Crippen molar-refractivity contribution < 1.29 is 9.69 Å². The number of Topliss-reactive ketones (excluding diaryl/α,β-unsaturated/α-hetero) is 1. The normalized spacial score (nSPS) is 31.8. The molecule has 0 saturated carbocycles. The molecule has 0 unspecified atom stereocenters. The Balaban J connectivity index is 1.76. The molecule has 1 aromatic rings. The van der Waals surface area contributed by atoms with Crippen LogP contribution in [0.2, 0.25) is 5.02 Å². The molecule has 0 aromatic heterocycles. The van der Waals surface area contributed by atoms with Gasteiger partial charge in [-0.25, -0.2) is 0 Å². The van der Waals surface area contributed by atoms with E-state index in [0.717, 1.165) is 24.3 Å². The third-order valence-electron chi connectivity index (χ3n) is 4.22. The monoisotopic (exact) mass is 250 g/mol. The number of piperidine rings is 3. The van der Waals surface area contributed by atoms with Crippen LogP contribution in [-0.4, -0.2) is 24.9 Å². The predicted octanol–water partition coefficient (Wildman–Crippen LogP) is 1.13. The minimum Gasteiger partial charge on any atom is -0.326 e. The summed E-state index contributed by atoms with van der Waals surface area (Å²) >= 11 is 5.87. The molecular weight excluding hydrogens is 234 g/mol. The van der Waals surface area contributed by atoms with E-state index in [0.29, 0.717) is 11.7 Å². The number of hydrogen-bond donors (Lipinski definition) is 1. The minimum atomic E-state index is 0.198. The second kappa shape index (κ2) is 4.43. The van der Waals surface area contributed by atoms with Crippen LogP contribution >= 0.6 is 11.6 Å². The van der Waals surface area contributed by atoms with E-state index in [1.54, 1.807) is 0 Å². The SMILES string of the molecule is O=C1C2CC[NH+](CC2)[C@@H]1Cc1ccc(Cl)cc1. The number of hydrogen-bond acceptors (Lipinski definition) is 1. The third kappa shape index (κ3) is 2.12. The highest BCUT2D eigenvalue weighted by molar-refractivity contribution is 6.30. The van der Waals surface area contributed by atoms with Crippen molar-refractivity contribution in [2.45, 2.75) is 25.3 Å². The lowest BCUT2D eigenvalue weighted by Crippen LogP contribution is -3.20. The zero-order chi connectivity index (χ0) is 11.8. The predicted molar refractivity (Wildman–Crippen MR) is 67.4 cm³/mol. The summed E-state index contributed by atoms with van der Waals surface area (Å²) in [6.45, 7) is 2.35. The van der Waals surface area contributed by atoms with Gasteiger partial charge in [0, 0.05) is 30.2 Å². The highest BCUT2D eigenvalue weighted by Gasteiger charge is 2.44. The molecule has 0 spiro atoms. The van der Waals surface area contributed by atoms with Crippen molar-refractivity contribution in [3.05, 3.63) is 34.9 Å². The molecule has 0 radical (unpaired) electrons. The maximum atomic E-state index is 12.2. The fraction of sp³-hybridized carbons (Fsp3) is 0.500. The third-order valence-corrected chi connectivity index (χ3v) is 4.47. The van der Waals surface area contributed by atoms with Gasteiger partial charge >= 0.3 is 0 Å². The Labute approximate surface area is 107 Å². The summed E-state index contributed by atoms with van der Waals surface area (Å²) in [5.41, 5.74) is 1.23. The van der Waals surface area contributed by atoms with Gasteiger partial charge < -0.3 is 4.90 Å². The highest BCUT2D eigenvalue weighted by Crippen LogP contribution is 2.20. The molecule has 3 aliphatic heterocycles. The molecule has 3 aliphatic rings. The first-order chi connectivity index (χ1) is 8.24. The van der Waals surface area contributed by atoms with Crippen LogP contribution < -0.4 is 4.90 Å². The molecular formula is C14H17ClNO+. The van der Waals surface area contributed by atoms with Crippen molar-refractivity contribution in [3.63, 3.8) is 0 Å². The standard InChI is InChI=1S/C14H16ClNO/c15-12-3-1-10(2-4-12)9-13-14(17)11-5-7-16(13)8-6-11/h1-4,11,13H,5-9H2/p+1/t13-/m1/s1. The zero-order valence-electron chi connectivity index (χ0n) is 9.79. The molecule has 2 bridgehead atoms. The number of ketones is 1. The number of nitrogens with one attached hydrogen (secondary N) is 1. The molecule has 1 atom stereocenters. The Kier molecular flexibility index (Phi) is 2.93. The molecule has 1 N–H and O–H groups in total. The van der Waals surface area contributed by atoms with Gasteiger partial charge in [0.2, 0.25) is 0 Å². The number of quaternary nitrogens is 1. The Morgan fingerprint density at radius 3 is 2.41 bits per heavy atom. The first kappa shape index (κ1) is 11.2. The average Bonchev–Trinajstić information content (AvgIpc) is 2.37. The lowest BCUT2D eigenvalue weighted by molar-refractivity contribution is -0.927. The summed E-state index contributed by atoms with van der Waals surface area (Å²) in [5.74, 6) is 0.845. The van der Waals surface area contributed by atoms with Crippen LogP contribution in [0.25, 0.3) is 0 Å². The number of carbonyl (C=O) groups is 1. The van der Waals surface area contributed by atoms with Crippen molar-refractivity contribution in [3.8, 4) is 0 Å². The smallest absolute Gasteiger partial charge is 0.193 e. The maximum absolute atomic E-state index is 12.2. The van der Waals surface area contributed by atoms with Gasteiger partial charge in [0.05, 0.1) is 13.1 Å². The van der Waals surface area contributed by atoms with Crippen molar-refractivity contribution >= 4 is 17.4 Å². The van der Waals surface area contributed by atoms with Gasteiger partial charge in [-0.1, -0.05) is 23.7 Å². The topological polar surface area (TPSA) is 21.5 Å². The molecule has 3 heterocycles. The Morgan fingerprint density at radius 2 is 1.82 bits per heavy atom. The van der Waals surface area contributed by atoms with E-state index in [9.17, 15) is 4.79 Å². The molecule has 3 heteroatoms. The molecule has 17 heavy (non-hydrogen) atoms. The van der Waals surface area contributed by atoms with E-state index in [-0.39, 0.29) is 6.04 Å². The fourth-order valence-corrected chi connectivity index (χ4v) is 3.33. The molecule has 1 aromatic carbocycles. The maximum Gasteiger partial charge on any atom is 0.193 e. The number of halogens is 1. The van der Waals surface area contributed by atoms with Crippen molar-refractivity contribution in [1.82, 2.24) is 0 Å². The fourth-order valence-electron chi connectivity index (χ4n) is 3.21. The number of fused-ring (bicyclic) bond motifs is 3. The van der Waals surface area contributed by atoms with Gasteiger partial charge in [-0.05, 0) is 17.7 Å². The van der Waals surface area contributed by atoms with E-state index in [2.05, 4.69) is 0 Å². The molecule has 0 amide bonds. The minimum absolute atomic E-state index is 0.198. The van der Waals surface area contributed by atoms with Crippen LogP contribution in [0, 0.1) is 5.92 Å². The molecule has 90 valence electrons. The van der Waals surface area contributed by atoms with Crippen molar-refractivity contribution in [1.29, 1.82) is 0 Å². The van der Waals surface area contributed by atoms with Gasteiger partial charge in [-0.15, -0.1) is 0 Å². The summed E-state index contributed by atoms with van der Waals surface area (Å²) in [5, 5.41) is 0.762. The van der Waals surface area contributed by atoms with Crippen LogP contribution in [0.1, 0.15) is 18.4 Å². The van der Waals surface area contributed by atoms with Crippen molar-refractivity contribution in [2.24, 2.45) is 5.92 Å². The summed E-state index contributed by atoms with van der Waals surface area (Å²) in [7, 11) is 0. The number of carbonyl (C=O) groups excluding carboxylic acids is 1. The summed E-state index contributed by atoms with van der Waals surface area (Å²) in [6.07, 6.45) is 3.08. The van der Waals surface area contributed by atoms with Crippen LogP contribution in [0.5, 0.6) is 0 Å². The van der Waals surface area contributed by atoms with Crippen molar-refractivity contribution in [2.75, 3.05) is 13.1 Å². The highest BCUT2D eigenvalue weighted by atomic mass is 35.5. The molecule has 0 aliphatic carbocycles. The second-order valence-electron chi connectivity index (χ2n) is 5.22. The van der Waals surface area contributed by atoms with Gasteiger partial charge in [-0.2, -0.15) is 0 Å². The van der Waals surface area contributed by atoms with Crippen LogP contribution in [-0.2, 0) is 11.2 Å². The molecule has 2 nitrogen and oxygen atoms in total. The number of rotatable bonds is 2. The average molecular weight is 251 g/mol. The summed E-state index contributed by atoms with van der Waals surface area (Å²) < 4.78 is 0. The van der Waals surface area contributed by atoms with Gasteiger partial charge in [0.1, 0.15) is 0 Å². The van der Waals surface area contributed by atoms with E-state index >= 15 is 0 Å². The molecule has 4 rings (SSSR count). The summed E-state index contributed by atoms with van der Waals surface area (Å²) in [4.78, 5) is 13.7. The van der Waals surface area contributed by atoms with Gasteiger partial charge in [-0.3, -0.25) is 4.79 Å². The van der Waals surface area contributed by atoms with Crippen LogP contribution in [0.3, 0.4) is 0 Å². The molecule has 3 saturated heterocycles. The number of benzene rings is 1. The van der Waals surface area contributed by atoms with E-state index < -0.39 is 0 Å². The largest absolute Gasteiger partial charge is 0.326 e. The lowest BCUT2D eigenvalue weighted by atomic mass is 9.80. The Bertz CT molecular complexity index is 420. The summed E-state index contributed by atoms with van der Waals surface area (Å²) in [6, 6.07) is 8.10. The second-order valence-corrected chi connectivity index (χ2v) is 5.65. The van der Waals surface area contributed by atoms with E-state index in [4.69, 9.17) is 11.6 Å².